The van der Waals surface area contributed by atoms with Crippen LogP contribution in [0.5, 0.6) is 0 Å². The molecule has 216 valence electrons. The van der Waals surface area contributed by atoms with E-state index in [1.165, 1.54) is 23.3 Å². The first-order valence-electron chi connectivity index (χ1n) is 13.9. The van der Waals surface area contributed by atoms with Gasteiger partial charge in [0.1, 0.15) is 20.2 Å². The Labute approximate surface area is 275 Å². The average Bonchev–Trinajstić information content (AvgIpc) is 2.87. The third kappa shape index (κ3) is 9.75. The van der Waals surface area contributed by atoms with Crippen molar-refractivity contribution in [3.8, 4) is 0 Å². The Hall–Kier alpha value is -1.52. The van der Waals surface area contributed by atoms with E-state index < -0.39 is 20.2 Å². The molecule has 0 amide bonds. The van der Waals surface area contributed by atoms with Crippen LogP contribution in [0.25, 0.3) is 21.5 Å². The van der Waals surface area contributed by atoms with E-state index in [0.29, 0.717) is 10.8 Å². The second-order valence-electron chi connectivity index (χ2n) is 10.2. The minimum absolute atomic E-state index is 0. The average molecular weight is 623 g/mol. The van der Waals surface area contributed by atoms with Crippen molar-refractivity contribution in [1.82, 2.24) is 0 Å². The molecule has 0 saturated carbocycles. The van der Waals surface area contributed by atoms with Gasteiger partial charge in [-0.05, 0) is 81.6 Å². The molecule has 9 heteroatoms. The van der Waals surface area contributed by atoms with Gasteiger partial charge < -0.3 is 9.11 Å². The minimum Gasteiger partial charge on any atom is -0.744 e. The molecule has 0 saturated heterocycles. The molecular weight excluding hydrogens is 585 g/mol. The third-order valence-corrected chi connectivity index (χ3v) is 8.52. The smallest absolute Gasteiger partial charge is 0.744 e. The second kappa shape index (κ2) is 15.8. The van der Waals surface area contributed by atoms with Crippen molar-refractivity contribution in [3.63, 3.8) is 0 Å². The first-order valence-corrected chi connectivity index (χ1v) is 16.8. The Morgan fingerprint density at radius 2 is 0.780 bits per heavy atom. The molecule has 0 spiro atoms. The maximum atomic E-state index is 11.5. The van der Waals surface area contributed by atoms with Gasteiger partial charge in [-0.25, -0.2) is 16.8 Å². The van der Waals surface area contributed by atoms with Gasteiger partial charge in [0.05, 0.1) is 9.79 Å². The Kier molecular flexibility index (Phi) is 13.8. The zero-order chi connectivity index (χ0) is 29.5. The van der Waals surface area contributed by atoms with Crippen LogP contribution in [-0.2, 0) is 45.9 Å². The normalized spacial score (nSPS) is 11.7. The number of aryl methyl sites for hydroxylation is 4. The zero-order valence-corrected chi connectivity index (χ0v) is 28.2. The largest absolute Gasteiger partial charge is 2.00 e. The molecule has 0 unspecified atom stereocenters. The summed E-state index contributed by atoms with van der Waals surface area (Å²) in [6.07, 6.45) is 7.35. The van der Waals surface area contributed by atoms with E-state index in [1.807, 2.05) is 50.2 Å². The van der Waals surface area contributed by atoms with Crippen LogP contribution in [0, 0.1) is 0 Å². The summed E-state index contributed by atoms with van der Waals surface area (Å²) < 4.78 is 68.8. The summed E-state index contributed by atoms with van der Waals surface area (Å²) in [5.41, 5.74) is 4.15. The number of fused-ring (bicyclic) bond motifs is 2. The minimum atomic E-state index is -4.45. The molecule has 0 aliphatic rings. The Morgan fingerprint density at radius 3 is 1.07 bits per heavy atom. The van der Waals surface area contributed by atoms with E-state index in [4.69, 9.17) is 0 Å². The summed E-state index contributed by atoms with van der Waals surface area (Å²) in [4.78, 5) is -0.192. The molecular formula is C32H38CaO6S2. The van der Waals surface area contributed by atoms with Crippen LogP contribution in [0.1, 0.15) is 75.6 Å². The van der Waals surface area contributed by atoms with Gasteiger partial charge in [-0.1, -0.05) is 102 Å². The maximum Gasteiger partial charge on any atom is 2.00 e. The summed E-state index contributed by atoms with van der Waals surface area (Å²) in [7, 11) is -8.89. The van der Waals surface area contributed by atoms with Gasteiger partial charge >= 0.3 is 37.7 Å². The standard InChI is InChI=1S/2C16H20O3S.Ca/c2*1-3-5-12-7-8-15-14(9-12)10-13(6-4-2)11-16(15)20(17,18)19;/h2*7-11H,3-6H2,1-2H3,(H,17,18,19);/q;;+2/p-2. The van der Waals surface area contributed by atoms with Crippen LogP contribution in [0.2, 0.25) is 0 Å². The van der Waals surface area contributed by atoms with Crippen LogP contribution in [0.3, 0.4) is 0 Å². The molecule has 0 aromatic heterocycles. The van der Waals surface area contributed by atoms with Crippen LogP contribution in [0.15, 0.2) is 70.5 Å². The summed E-state index contributed by atoms with van der Waals surface area (Å²) >= 11 is 0. The predicted molar refractivity (Wildman–Crippen MR) is 166 cm³/mol. The Balaban J connectivity index is 0.000000280. The number of benzene rings is 4. The van der Waals surface area contributed by atoms with Crippen molar-refractivity contribution < 1.29 is 25.9 Å². The first kappa shape index (κ1) is 35.7. The van der Waals surface area contributed by atoms with Crippen molar-refractivity contribution in [3.05, 3.63) is 82.9 Å². The van der Waals surface area contributed by atoms with Gasteiger partial charge in [0.2, 0.25) is 0 Å². The van der Waals surface area contributed by atoms with E-state index in [1.54, 1.807) is 12.1 Å². The van der Waals surface area contributed by atoms with Crippen molar-refractivity contribution in [2.45, 2.75) is 88.9 Å². The van der Waals surface area contributed by atoms with Crippen LogP contribution in [-0.4, -0.2) is 63.7 Å². The number of rotatable bonds is 10. The summed E-state index contributed by atoms with van der Waals surface area (Å²) in [6.45, 7) is 8.27. The number of hydrogen-bond acceptors (Lipinski definition) is 6. The monoisotopic (exact) mass is 622 g/mol. The van der Waals surface area contributed by atoms with Crippen molar-refractivity contribution >= 4 is 79.5 Å². The molecule has 0 bridgehead atoms. The fourth-order valence-electron chi connectivity index (χ4n) is 5.06. The molecule has 0 radical (unpaired) electrons. The van der Waals surface area contributed by atoms with Gasteiger partial charge in [-0.2, -0.15) is 0 Å². The van der Waals surface area contributed by atoms with Gasteiger partial charge in [0, 0.05) is 0 Å². The second-order valence-corrected chi connectivity index (χ2v) is 12.9. The van der Waals surface area contributed by atoms with Gasteiger partial charge in [0.15, 0.2) is 0 Å². The van der Waals surface area contributed by atoms with Crippen molar-refractivity contribution in [2.75, 3.05) is 0 Å². The van der Waals surface area contributed by atoms with Gasteiger partial charge in [0.25, 0.3) is 0 Å². The summed E-state index contributed by atoms with van der Waals surface area (Å²) in [5.74, 6) is 0. The summed E-state index contributed by atoms with van der Waals surface area (Å²) in [5, 5.41) is 2.74. The molecule has 0 fully saturated rings. The molecule has 4 aromatic carbocycles. The van der Waals surface area contributed by atoms with Crippen LogP contribution in [0.4, 0.5) is 0 Å². The quantitative estimate of drug-likeness (QED) is 0.140. The van der Waals surface area contributed by atoms with Crippen LogP contribution < -0.4 is 0 Å². The van der Waals surface area contributed by atoms with E-state index in [-0.39, 0.29) is 47.5 Å². The molecule has 4 aromatic rings. The van der Waals surface area contributed by atoms with E-state index in [2.05, 4.69) is 13.8 Å². The molecule has 0 aliphatic heterocycles. The van der Waals surface area contributed by atoms with Crippen LogP contribution >= 0.6 is 0 Å². The van der Waals surface area contributed by atoms with E-state index in [9.17, 15) is 25.9 Å². The topological polar surface area (TPSA) is 114 Å². The summed E-state index contributed by atoms with van der Waals surface area (Å²) in [6, 6.07) is 18.3. The van der Waals surface area contributed by atoms with Gasteiger partial charge in [-0.15, -0.1) is 0 Å². The predicted octanol–water partition coefficient (Wildman–Crippen LogP) is 6.92. The Bertz CT molecular complexity index is 1560. The van der Waals surface area contributed by atoms with Crippen molar-refractivity contribution in [2.24, 2.45) is 0 Å². The number of hydrogen-bond donors (Lipinski definition) is 0. The van der Waals surface area contributed by atoms with E-state index >= 15 is 0 Å². The van der Waals surface area contributed by atoms with Gasteiger partial charge in [-0.3, -0.25) is 0 Å². The molecule has 0 heterocycles. The molecule has 0 aliphatic carbocycles. The molecule has 6 nitrogen and oxygen atoms in total. The molecule has 4 rings (SSSR count). The fraction of sp³-hybridized carbons (Fsp3) is 0.375. The van der Waals surface area contributed by atoms with Crippen molar-refractivity contribution in [1.29, 1.82) is 0 Å². The first-order chi connectivity index (χ1) is 18.9. The maximum absolute atomic E-state index is 11.5. The Morgan fingerprint density at radius 1 is 0.488 bits per heavy atom. The molecule has 0 N–H and O–H groups in total. The third-order valence-electron chi connectivity index (χ3n) is 6.77. The fourth-order valence-corrected chi connectivity index (χ4v) is 6.56. The SMILES string of the molecule is CCCc1ccc2c(S(=O)(=O)[O-])cc(CCC)cc2c1.CCCc1ccc2c(S(=O)(=O)[O-])cc(CCC)cc2c1.[Ca+2]. The zero-order valence-electron chi connectivity index (χ0n) is 24.4. The van der Waals surface area contributed by atoms with E-state index in [0.717, 1.165) is 73.3 Å². The molecule has 0 atom stereocenters. The molecule has 41 heavy (non-hydrogen) atoms.